The highest BCUT2D eigenvalue weighted by molar-refractivity contribution is 9.10. The predicted molar refractivity (Wildman–Crippen MR) is 70.5 cm³/mol. The molecule has 0 radical (unpaired) electrons. The van der Waals surface area contributed by atoms with Gasteiger partial charge in [-0.1, -0.05) is 0 Å². The second kappa shape index (κ2) is 7.03. The summed E-state index contributed by atoms with van der Waals surface area (Å²) in [7, 11) is 0. The van der Waals surface area contributed by atoms with Gasteiger partial charge in [0.05, 0.1) is 28.5 Å². The average molecular weight is 335 g/mol. The van der Waals surface area contributed by atoms with Crippen LogP contribution >= 0.6 is 15.9 Å². The summed E-state index contributed by atoms with van der Waals surface area (Å²) in [5, 5.41) is 13.5. The zero-order valence-corrected chi connectivity index (χ0v) is 11.7. The van der Waals surface area contributed by atoms with E-state index in [1.807, 2.05) is 0 Å². The van der Waals surface area contributed by atoms with E-state index in [2.05, 4.69) is 21.2 Å². The molecule has 0 aliphatic rings. The topological polar surface area (TPSA) is 81.5 Å². The molecule has 0 spiro atoms. The molecule has 0 aliphatic heterocycles. The van der Waals surface area contributed by atoms with Crippen LogP contribution in [-0.2, 0) is 9.53 Å². The fourth-order valence-corrected chi connectivity index (χ4v) is 1.70. The lowest BCUT2D eigenvalue weighted by Gasteiger charge is -2.08. The number of benzene rings is 1. The van der Waals surface area contributed by atoms with Gasteiger partial charge in [-0.15, -0.1) is 0 Å². The van der Waals surface area contributed by atoms with Crippen LogP contribution in [-0.4, -0.2) is 24.0 Å². The van der Waals surface area contributed by atoms with Crippen LogP contribution in [0, 0.1) is 15.9 Å². The fourth-order valence-electron chi connectivity index (χ4n) is 1.36. The molecule has 0 atom stereocenters. The monoisotopic (exact) mass is 334 g/mol. The molecule has 0 amide bonds. The number of rotatable bonds is 6. The maximum Gasteiger partial charge on any atom is 0.307 e. The van der Waals surface area contributed by atoms with Gasteiger partial charge in [-0.3, -0.25) is 14.9 Å². The summed E-state index contributed by atoms with van der Waals surface area (Å²) in [6, 6.07) is 2.08. The summed E-state index contributed by atoms with van der Waals surface area (Å²) in [4.78, 5) is 21.2. The van der Waals surface area contributed by atoms with Crippen molar-refractivity contribution in [2.24, 2.45) is 0 Å². The van der Waals surface area contributed by atoms with E-state index >= 15 is 0 Å². The Labute approximate surface area is 117 Å². The normalized spacial score (nSPS) is 10.1. The molecule has 6 nitrogen and oxygen atoms in total. The first-order valence-electron chi connectivity index (χ1n) is 5.48. The van der Waals surface area contributed by atoms with Crippen LogP contribution in [0.2, 0.25) is 0 Å². The molecule has 0 bridgehead atoms. The smallest absolute Gasteiger partial charge is 0.307 e. The molecule has 19 heavy (non-hydrogen) atoms. The van der Waals surface area contributed by atoms with Crippen molar-refractivity contribution < 1.29 is 18.8 Å². The Bertz CT molecular complexity index is 496. The molecule has 0 aromatic heterocycles. The van der Waals surface area contributed by atoms with Crippen LogP contribution in [0.3, 0.4) is 0 Å². The minimum atomic E-state index is -0.720. The Hall–Kier alpha value is -1.70. The van der Waals surface area contributed by atoms with Crippen molar-refractivity contribution in [1.29, 1.82) is 0 Å². The molecular weight excluding hydrogens is 323 g/mol. The fraction of sp³-hybridized carbons (Fsp3) is 0.364. The summed E-state index contributed by atoms with van der Waals surface area (Å²) < 4.78 is 18.0. The lowest BCUT2D eigenvalue weighted by atomic mass is 10.2. The first kappa shape index (κ1) is 15.4. The van der Waals surface area contributed by atoms with Crippen molar-refractivity contribution in [2.45, 2.75) is 13.3 Å². The quantitative estimate of drug-likeness (QED) is 0.491. The number of nitro benzene ring substituents is 1. The molecule has 0 saturated carbocycles. The zero-order valence-electron chi connectivity index (χ0n) is 10.1. The van der Waals surface area contributed by atoms with Crippen LogP contribution in [0.5, 0.6) is 0 Å². The standard InChI is InChI=1S/C11H12BrFN2O4/c1-2-19-11(16)3-4-14-9-5-7(12)8(13)6-10(9)15(17)18/h5-6,14H,2-4H2,1H3. The van der Waals surface area contributed by atoms with E-state index in [4.69, 9.17) is 4.74 Å². The molecule has 1 N–H and O–H groups in total. The Balaban J connectivity index is 2.74. The lowest BCUT2D eigenvalue weighted by molar-refractivity contribution is -0.384. The van der Waals surface area contributed by atoms with Gasteiger partial charge in [0.15, 0.2) is 0 Å². The van der Waals surface area contributed by atoms with Gasteiger partial charge in [0.2, 0.25) is 0 Å². The van der Waals surface area contributed by atoms with Crippen molar-refractivity contribution in [3.8, 4) is 0 Å². The third-order valence-corrected chi connectivity index (χ3v) is 2.79. The Kier molecular flexibility index (Phi) is 5.68. The first-order chi connectivity index (χ1) is 8.95. The number of carbonyl (C=O) groups excluding carboxylic acids is 1. The second-order valence-electron chi connectivity index (χ2n) is 3.52. The highest BCUT2D eigenvalue weighted by Gasteiger charge is 2.17. The van der Waals surface area contributed by atoms with E-state index in [1.54, 1.807) is 6.92 Å². The number of nitrogens with zero attached hydrogens (tertiary/aromatic N) is 1. The van der Waals surface area contributed by atoms with Gasteiger partial charge < -0.3 is 10.1 Å². The largest absolute Gasteiger partial charge is 0.466 e. The number of anilines is 1. The van der Waals surface area contributed by atoms with Gasteiger partial charge in [-0.2, -0.15) is 0 Å². The number of halogens is 2. The Morgan fingerprint density at radius 2 is 2.26 bits per heavy atom. The van der Waals surface area contributed by atoms with E-state index in [0.29, 0.717) is 0 Å². The molecule has 8 heteroatoms. The lowest BCUT2D eigenvalue weighted by Crippen LogP contribution is -2.12. The van der Waals surface area contributed by atoms with Gasteiger partial charge in [0.1, 0.15) is 11.5 Å². The highest BCUT2D eigenvalue weighted by Crippen LogP contribution is 2.30. The van der Waals surface area contributed by atoms with Crippen molar-refractivity contribution >= 4 is 33.3 Å². The van der Waals surface area contributed by atoms with E-state index in [1.165, 1.54) is 6.07 Å². The number of ether oxygens (including phenoxy) is 1. The van der Waals surface area contributed by atoms with Gasteiger partial charge in [0.25, 0.3) is 5.69 Å². The van der Waals surface area contributed by atoms with Gasteiger partial charge in [0, 0.05) is 6.54 Å². The highest BCUT2D eigenvalue weighted by atomic mass is 79.9. The van der Waals surface area contributed by atoms with Crippen molar-refractivity contribution in [1.82, 2.24) is 0 Å². The molecule has 0 saturated heterocycles. The van der Waals surface area contributed by atoms with E-state index in [0.717, 1.165) is 6.07 Å². The molecule has 0 heterocycles. The summed E-state index contributed by atoms with van der Waals surface area (Å²) in [5.41, 5.74) is -0.243. The van der Waals surface area contributed by atoms with Gasteiger partial charge in [-0.25, -0.2) is 4.39 Å². The molecule has 1 rings (SSSR count). The second-order valence-corrected chi connectivity index (χ2v) is 4.38. The summed E-state index contributed by atoms with van der Waals surface area (Å²) in [6.45, 7) is 2.13. The third-order valence-electron chi connectivity index (χ3n) is 2.19. The number of esters is 1. The SMILES string of the molecule is CCOC(=O)CCNc1cc(Br)c(F)cc1[N+](=O)[O-]. The summed E-state index contributed by atoms with van der Waals surface area (Å²) in [6.07, 6.45) is 0.0694. The van der Waals surface area contributed by atoms with Crippen LogP contribution < -0.4 is 5.32 Å². The maximum absolute atomic E-state index is 13.2. The average Bonchev–Trinajstić information content (AvgIpc) is 2.33. The Morgan fingerprint density at radius 3 is 2.84 bits per heavy atom. The maximum atomic E-state index is 13.2. The number of hydrogen-bond acceptors (Lipinski definition) is 5. The van der Waals surface area contributed by atoms with Crippen molar-refractivity contribution in [2.75, 3.05) is 18.5 Å². The summed E-state index contributed by atoms with van der Waals surface area (Å²) in [5.74, 6) is -1.12. The third kappa shape index (κ3) is 4.47. The van der Waals surface area contributed by atoms with Crippen LogP contribution in [0.25, 0.3) is 0 Å². The van der Waals surface area contributed by atoms with Crippen molar-refractivity contribution in [3.05, 3.63) is 32.5 Å². The molecule has 104 valence electrons. The predicted octanol–water partition coefficient (Wildman–Crippen LogP) is 2.86. The van der Waals surface area contributed by atoms with Crippen LogP contribution in [0.15, 0.2) is 16.6 Å². The molecule has 1 aromatic rings. The minimum Gasteiger partial charge on any atom is -0.466 e. The van der Waals surface area contributed by atoms with E-state index in [-0.39, 0.29) is 35.4 Å². The van der Waals surface area contributed by atoms with Crippen LogP contribution in [0.4, 0.5) is 15.8 Å². The van der Waals surface area contributed by atoms with Gasteiger partial charge >= 0.3 is 5.97 Å². The Morgan fingerprint density at radius 1 is 1.58 bits per heavy atom. The van der Waals surface area contributed by atoms with Crippen LogP contribution in [0.1, 0.15) is 13.3 Å². The number of carbonyl (C=O) groups is 1. The van der Waals surface area contributed by atoms with E-state index < -0.39 is 16.7 Å². The number of nitrogens with one attached hydrogen (secondary N) is 1. The molecular formula is C11H12BrFN2O4. The number of nitro groups is 1. The molecule has 1 aromatic carbocycles. The minimum absolute atomic E-state index is 0.0694. The first-order valence-corrected chi connectivity index (χ1v) is 6.28. The zero-order chi connectivity index (χ0) is 14.4. The van der Waals surface area contributed by atoms with Gasteiger partial charge in [-0.05, 0) is 28.9 Å². The van der Waals surface area contributed by atoms with Crippen molar-refractivity contribution in [3.63, 3.8) is 0 Å². The summed E-state index contributed by atoms with van der Waals surface area (Å²) >= 11 is 2.95. The van der Waals surface area contributed by atoms with E-state index in [9.17, 15) is 19.3 Å². The molecule has 0 fully saturated rings. The molecule has 0 unspecified atom stereocenters. The number of hydrogen-bond donors (Lipinski definition) is 1. The molecule has 0 aliphatic carbocycles.